The highest BCUT2D eigenvalue weighted by atomic mass is 35.5. The number of hydrogen-bond acceptors (Lipinski definition) is 4. The van der Waals surface area contributed by atoms with E-state index >= 15 is 0 Å². The van der Waals surface area contributed by atoms with Crippen LogP contribution in [0.25, 0.3) is 0 Å². The van der Waals surface area contributed by atoms with Crippen LogP contribution in [0.3, 0.4) is 0 Å². The van der Waals surface area contributed by atoms with Crippen molar-refractivity contribution < 1.29 is 22.5 Å². The van der Waals surface area contributed by atoms with Crippen molar-refractivity contribution in [1.82, 2.24) is 0 Å². The average molecular weight is 319 g/mol. The van der Waals surface area contributed by atoms with Gasteiger partial charge in [0.05, 0.1) is 16.0 Å². The molecule has 106 valence electrons. The van der Waals surface area contributed by atoms with Gasteiger partial charge in [0.1, 0.15) is 11.5 Å². The number of hydrogen-bond donors (Lipinski definition) is 1. The molecule has 0 saturated heterocycles. The monoisotopic (exact) mass is 318 g/mol. The van der Waals surface area contributed by atoms with E-state index in [1.54, 1.807) is 0 Å². The Balaban J connectivity index is 2.72. The molecule has 1 aromatic carbocycles. The first-order valence-corrected chi connectivity index (χ1v) is 6.15. The molecule has 0 radical (unpaired) electrons. The standard InChI is InChI=1S/C9H7ClF4N2O2S/c10-5-3-7(8(16(17)18)4-6(5)11)15-1-2-19-9(12,13)14/h3-4,15H,1-2H2. The average Bonchev–Trinajstić information content (AvgIpc) is 2.27. The van der Waals surface area contributed by atoms with Crippen LogP contribution in [-0.4, -0.2) is 22.7 Å². The Morgan fingerprint density at radius 1 is 1.42 bits per heavy atom. The van der Waals surface area contributed by atoms with E-state index < -0.39 is 21.9 Å². The van der Waals surface area contributed by atoms with Gasteiger partial charge in [-0.25, -0.2) is 4.39 Å². The number of halogens is 5. The normalized spacial score (nSPS) is 11.4. The van der Waals surface area contributed by atoms with Crippen LogP contribution >= 0.6 is 23.4 Å². The molecule has 0 bridgehead atoms. The SMILES string of the molecule is O=[N+]([O-])c1cc(F)c(Cl)cc1NCCSC(F)(F)F. The van der Waals surface area contributed by atoms with Crippen LogP contribution in [0, 0.1) is 15.9 Å². The summed E-state index contributed by atoms with van der Waals surface area (Å²) in [6.45, 7) is -0.174. The molecule has 1 aromatic rings. The van der Waals surface area contributed by atoms with E-state index in [4.69, 9.17) is 11.6 Å². The topological polar surface area (TPSA) is 55.2 Å². The lowest BCUT2D eigenvalue weighted by Crippen LogP contribution is -2.10. The minimum absolute atomic E-state index is 0.126. The summed E-state index contributed by atoms with van der Waals surface area (Å²) in [5.74, 6) is -1.31. The molecular weight excluding hydrogens is 312 g/mol. The molecule has 0 unspecified atom stereocenters. The van der Waals surface area contributed by atoms with Crippen LogP contribution in [0.4, 0.5) is 28.9 Å². The van der Waals surface area contributed by atoms with Crippen LogP contribution < -0.4 is 5.32 Å². The predicted octanol–water partition coefficient (Wildman–Crippen LogP) is 4.05. The van der Waals surface area contributed by atoms with E-state index in [0.29, 0.717) is 6.07 Å². The van der Waals surface area contributed by atoms with Gasteiger partial charge in [0.2, 0.25) is 0 Å². The van der Waals surface area contributed by atoms with Gasteiger partial charge in [-0.3, -0.25) is 10.1 Å². The van der Waals surface area contributed by atoms with E-state index in [2.05, 4.69) is 5.32 Å². The summed E-state index contributed by atoms with van der Waals surface area (Å²) in [7, 11) is 0. The maximum absolute atomic E-state index is 13.0. The summed E-state index contributed by atoms with van der Waals surface area (Å²) >= 11 is 5.19. The lowest BCUT2D eigenvalue weighted by atomic mass is 10.2. The van der Waals surface area contributed by atoms with Crippen molar-refractivity contribution in [2.24, 2.45) is 0 Å². The van der Waals surface area contributed by atoms with E-state index in [0.717, 1.165) is 6.07 Å². The Morgan fingerprint density at radius 3 is 2.58 bits per heavy atom. The third kappa shape index (κ3) is 5.11. The molecule has 0 aromatic heterocycles. The van der Waals surface area contributed by atoms with E-state index in [1.807, 2.05) is 0 Å². The lowest BCUT2D eigenvalue weighted by Gasteiger charge is -2.09. The van der Waals surface area contributed by atoms with Gasteiger partial charge in [-0.1, -0.05) is 11.6 Å². The van der Waals surface area contributed by atoms with Crippen molar-refractivity contribution in [2.45, 2.75) is 5.51 Å². The van der Waals surface area contributed by atoms with Crippen molar-refractivity contribution in [3.05, 3.63) is 33.1 Å². The fourth-order valence-corrected chi connectivity index (χ4v) is 1.78. The summed E-state index contributed by atoms with van der Waals surface area (Å²) in [5, 5.41) is 12.7. The third-order valence-corrected chi connectivity index (χ3v) is 2.94. The Morgan fingerprint density at radius 2 is 2.05 bits per heavy atom. The van der Waals surface area contributed by atoms with E-state index in [9.17, 15) is 27.7 Å². The fourth-order valence-electron chi connectivity index (χ4n) is 1.18. The zero-order valence-corrected chi connectivity index (χ0v) is 10.7. The zero-order chi connectivity index (χ0) is 14.6. The molecule has 0 aliphatic heterocycles. The van der Waals surface area contributed by atoms with Gasteiger partial charge in [-0.2, -0.15) is 13.2 Å². The highest BCUT2D eigenvalue weighted by Gasteiger charge is 2.27. The quantitative estimate of drug-likeness (QED) is 0.385. The summed E-state index contributed by atoms with van der Waals surface area (Å²) in [6, 6.07) is 1.58. The zero-order valence-electron chi connectivity index (χ0n) is 9.13. The summed E-state index contributed by atoms with van der Waals surface area (Å²) in [5.41, 5.74) is -5.08. The number of nitro groups is 1. The van der Waals surface area contributed by atoms with Gasteiger partial charge < -0.3 is 5.32 Å². The van der Waals surface area contributed by atoms with Crippen LogP contribution in [0.15, 0.2) is 12.1 Å². The summed E-state index contributed by atoms with van der Waals surface area (Å²) in [4.78, 5) is 9.80. The molecular formula is C9H7ClF4N2O2S. The molecule has 0 amide bonds. The molecule has 1 rings (SSSR count). The number of nitrogens with one attached hydrogen (secondary N) is 1. The van der Waals surface area contributed by atoms with Gasteiger partial charge in [0.25, 0.3) is 5.69 Å². The molecule has 10 heteroatoms. The van der Waals surface area contributed by atoms with Gasteiger partial charge in [0.15, 0.2) is 0 Å². The minimum Gasteiger partial charge on any atom is -0.379 e. The molecule has 0 spiro atoms. The molecule has 0 atom stereocenters. The lowest BCUT2D eigenvalue weighted by molar-refractivity contribution is -0.384. The number of rotatable bonds is 5. The van der Waals surface area contributed by atoms with Crippen LogP contribution in [0.5, 0.6) is 0 Å². The molecule has 0 aliphatic rings. The maximum atomic E-state index is 13.0. The van der Waals surface area contributed by atoms with Crippen LogP contribution in [-0.2, 0) is 0 Å². The first-order chi connectivity index (χ1) is 8.70. The number of benzene rings is 1. The Hall–Kier alpha value is -1.22. The second-order valence-corrected chi connectivity index (χ2v) is 4.83. The number of nitro benzene ring substituents is 1. The predicted molar refractivity (Wildman–Crippen MR) is 65.1 cm³/mol. The molecule has 4 nitrogen and oxygen atoms in total. The molecule has 0 fully saturated rings. The first-order valence-electron chi connectivity index (χ1n) is 4.78. The van der Waals surface area contributed by atoms with Crippen LogP contribution in [0.1, 0.15) is 0 Å². The third-order valence-electron chi connectivity index (χ3n) is 1.92. The molecule has 19 heavy (non-hydrogen) atoms. The second-order valence-electron chi connectivity index (χ2n) is 3.26. The van der Waals surface area contributed by atoms with Crippen molar-refractivity contribution in [1.29, 1.82) is 0 Å². The number of alkyl halides is 3. The van der Waals surface area contributed by atoms with Gasteiger partial charge >= 0.3 is 5.51 Å². The second kappa shape index (κ2) is 6.29. The van der Waals surface area contributed by atoms with E-state index in [-0.39, 0.29) is 34.8 Å². The maximum Gasteiger partial charge on any atom is 0.441 e. The minimum atomic E-state index is -4.37. The molecule has 0 aliphatic carbocycles. The number of nitrogens with zero attached hydrogens (tertiary/aromatic N) is 1. The number of anilines is 1. The Kier molecular flexibility index (Phi) is 5.24. The summed E-state index contributed by atoms with van der Waals surface area (Å²) < 4.78 is 48.6. The number of thioether (sulfide) groups is 1. The highest BCUT2D eigenvalue weighted by Crippen LogP contribution is 2.32. The molecule has 0 saturated carbocycles. The van der Waals surface area contributed by atoms with Gasteiger partial charge in [-0.15, -0.1) is 0 Å². The van der Waals surface area contributed by atoms with Gasteiger partial charge in [0, 0.05) is 12.3 Å². The van der Waals surface area contributed by atoms with Crippen molar-refractivity contribution >= 4 is 34.7 Å². The smallest absolute Gasteiger partial charge is 0.379 e. The van der Waals surface area contributed by atoms with Crippen molar-refractivity contribution in [3.8, 4) is 0 Å². The van der Waals surface area contributed by atoms with Crippen molar-refractivity contribution in [3.63, 3.8) is 0 Å². The highest BCUT2D eigenvalue weighted by molar-refractivity contribution is 8.00. The van der Waals surface area contributed by atoms with Crippen molar-refractivity contribution in [2.75, 3.05) is 17.6 Å². The van der Waals surface area contributed by atoms with Gasteiger partial charge in [-0.05, 0) is 17.8 Å². The summed E-state index contributed by atoms with van der Waals surface area (Å²) in [6.07, 6.45) is 0. The van der Waals surface area contributed by atoms with Crippen LogP contribution in [0.2, 0.25) is 5.02 Å². The Labute approximate surface area is 114 Å². The first kappa shape index (κ1) is 15.8. The fraction of sp³-hybridized carbons (Fsp3) is 0.333. The molecule has 1 N–H and O–H groups in total. The van der Waals surface area contributed by atoms with E-state index in [1.165, 1.54) is 0 Å². The Bertz CT molecular complexity index is 484. The largest absolute Gasteiger partial charge is 0.441 e. The molecule has 0 heterocycles.